The highest BCUT2D eigenvalue weighted by Crippen LogP contribution is 2.49. The van der Waals surface area contributed by atoms with Crippen molar-refractivity contribution in [3.05, 3.63) is 73.8 Å². The summed E-state index contributed by atoms with van der Waals surface area (Å²) in [5, 5.41) is 15.0. The van der Waals surface area contributed by atoms with E-state index in [0.29, 0.717) is 35.0 Å². The molecule has 0 heterocycles. The van der Waals surface area contributed by atoms with Gasteiger partial charge in [-0.05, 0) is 73.4 Å². The molecular formula is C24H24Cl2N2O4. The molecule has 1 atom stereocenters. The number of nitro groups is 1. The molecule has 32 heavy (non-hydrogen) atoms. The lowest BCUT2D eigenvalue weighted by Crippen LogP contribution is -2.27. The fourth-order valence-electron chi connectivity index (χ4n) is 4.83. The Hall–Kier alpha value is -2.44. The van der Waals surface area contributed by atoms with Crippen molar-refractivity contribution in [3.8, 4) is 0 Å². The number of anilines is 1. The van der Waals surface area contributed by atoms with E-state index in [-0.39, 0.29) is 11.8 Å². The summed E-state index contributed by atoms with van der Waals surface area (Å²) in [4.78, 5) is 35.5. The Labute approximate surface area is 196 Å². The summed E-state index contributed by atoms with van der Waals surface area (Å²) in [6.07, 6.45) is 5.42. The van der Waals surface area contributed by atoms with E-state index in [0.717, 1.165) is 36.8 Å². The summed E-state index contributed by atoms with van der Waals surface area (Å²) < 4.78 is 0. The zero-order valence-electron chi connectivity index (χ0n) is 17.5. The molecule has 2 fully saturated rings. The minimum Gasteiger partial charge on any atom is -0.326 e. The van der Waals surface area contributed by atoms with Gasteiger partial charge >= 0.3 is 5.91 Å². The van der Waals surface area contributed by atoms with Crippen molar-refractivity contribution in [1.82, 2.24) is 0 Å². The van der Waals surface area contributed by atoms with E-state index in [1.54, 1.807) is 30.3 Å². The topological polar surface area (TPSA) is 89.3 Å². The van der Waals surface area contributed by atoms with Crippen LogP contribution in [0.15, 0.2) is 42.5 Å². The average Bonchev–Trinajstić information content (AvgIpc) is 3.32. The van der Waals surface area contributed by atoms with Crippen LogP contribution in [-0.4, -0.2) is 16.7 Å². The normalized spacial score (nSPS) is 18.2. The van der Waals surface area contributed by atoms with Crippen LogP contribution >= 0.6 is 23.2 Å². The molecule has 168 valence electrons. The third-order valence-corrected chi connectivity index (χ3v) is 7.22. The van der Waals surface area contributed by atoms with E-state index >= 15 is 0 Å². The number of amides is 2. The maximum atomic E-state index is 13.4. The van der Waals surface area contributed by atoms with Crippen LogP contribution < -0.4 is 5.32 Å². The maximum Gasteiger partial charge on any atom is 0.451 e. The minimum atomic E-state index is -0.925. The minimum absolute atomic E-state index is 0.138. The molecular weight excluding hydrogens is 451 g/mol. The fraction of sp³-hybridized carbons (Fsp3) is 0.417. The molecule has 8 heteroatoms. The summed E-state index contributed by atoms with van der Waals surface area (Å²) in [6.45, 7) is 0. The predicted molar refractivity (Wildman–Crippen MR) is 124 cm³/mol. The highest BCUT2D eigenvalue weighted by molar-refractivity contribution is 6.35. The highest BCUT2D eigenvalue weighted by Gasteiger charge is 2.56. The molecule has 2 aliphatic carbocycles. The van der Waals surface area contributed by atoms with Gasteiger partial charge in [0.1, 0.15) is 10.3 Å². The molecule has 2 amide bonds. The molecule has 0 spiro atoms. The lowest BCUT2D eigenvalue weighted by molar-refractivity contribution is -0.408. The van der Waals surface area contributed by atoms with E-state index in [4.69, 9.17) is 23.2 Å². The van der Waals surface area contributed by atoms with Gasteiger partial charge in [0.2, 0.25) is 5.91 Å². The van der Waals surface area contributed by atoms with Crippen LogP contribution in [0.5, 0.6) is 0 Å². The van der Waals surface area contributed by atoms with Crippen molar-refractivity contribution >= 4 is 40.7 Å². The molecule has 6 nitrogen and oxygen atoms in total. The first-order chi connectivity index (χ1) is 15.3. The Morgan fingerprint density at radius 2 is 1.84 bits per heavy atom. The molecule has 0 aliphatic heterocycles. The molecule has 1 unspecified atom stereocenters. The maximum absolute atomic E-state index is 13.4. The predicted octanol–water partition coefficient (Wildman–Crippen LogP) is 6.03. The largest absolute Gasteiger partial charge is 0.451 e. The number of benzene rings is 2. The standard InChI is InChI=1S/C24H24Cl2N2O4/c25-17-8-9-19(20(26)13-17)21(16-5-1-2-6-16)22(29)27-18-7-3-4-15(12-18)14-24(10-11-24)23(30)28(31)32/h3-4,7-9,12-13,16,21H,1-2,5-6,10-11,14H2,(H,27,29). The van der Waals surface area contributed by atoms with E-state index in [2.05, 4.69) is 5.32 Å². The number of halogens is 2. The average molecular weight is 475 g/mol. The smallest absolute Gasteiger partial charge is 0.326 e. The van der Waals surface area contributed by atoms with Gasteiger partial charge < -0.3 is 5.32 Å². The Kier molecular flexibility index (Phi) is 6.54. The molecule has 2 aromatic rings. The van der Waals surface area contributed by atoms with Crippen molar-refractivity contribution in [3.63, 3.8) is 0 Å². The van der Waals surface area contributed by atoms with Crippen LogP contribution in [0.2, 0.25) is 10.0 Å². The second-order valence-corrected chi connectivity index (χ2v) is 9.74. The van der Waals surface area contributed by atoms with Crippen LogP contribution in [0.4, 0.5) is 5.69 Å². The Bertz CT molecular complexity index is 1060. The van der Waals surface area contributed by atoms with E-state index < -0.39 is 22.2 Å². The van der Waals surface area contributed by atoms with Gasteiger partial charge in [0, 0.05) is 15.7 Å². The summed E-state index contributed by atoms with van der Waals surface area (Å²) in [6, 6.07) is 12.4. The Morgan fingerprint density at radius 3 is 2.47 bits per heavy atom. The SMILES string of the molecule is O=C(Nc1cccc(CC2(C(=O)[N+](=O)[O-])CC2)c1)C(c1ccc(Cl)cc1Cl)C1CCCC1. The van der Waals surface area contributed by atoms with Gasteiger partial charge in [-0.2, -0.15) is 0 Å². The van der Waals surface area contributed by atoms with Gasteiger partial charge in [-0.15, -0.1) is 0 Å². The molecule has 2 aromatic carbocycles. The van der Waals surface area contributed by atoms with E-state index in [9.17, 15) is 19.7 Å². The van der Waals surface area contributed by atoms with Gasteiger partial charge in [-0.3, -0.25) is 14.9 Å². The molecule has 2 aliphatic rings. The molecule has 0 radical (unpaired) electrons. The number of hydrogen-bond acceptors (Lipinski definition) is 4. The Balaban J connectivity index is 1.54. The lowest BCUT2D eigenvalue weighted by atomic mass is 9.84. The van der Waals surface area contributed by atoms with Gasteiger partial charge in [0.15, 0.2) is 0 Å². The number of nitrogens with one attached hydrogen (secondary N) is 1. The second-order valence-electron chi connectivity index (χ2n) is 8.90. The number of carbonyl (C=O) groups excluding carboxylic acids is 2. The Morgan fingerprint density at radius 1 is 1.12 bits per heavy atom. The third kappa shape index (κ3) is 4.81. The summed E-state index contributed by atoms with van der Waals surface area (Å²) in [5.74, 6) is -1.26. The number of rotatable bonds is 7. The summed E-state index contributed by atoms with van der Waals surface area (Å²) >= 11 is 12.5. The van der Waals surface area contributed by atoms with E-state index in [1.807, 2.05) is 12.1 Å². The fourth-order valence-corrected chi connectivity index (χ4v) is 5.36. The van der Waals surface area contributed by atoms with Crippen molar-refractivity contribution in [2.45, 2.75) is 50.9 Å². The van der Waals surface area contributed by atoms with Crippen molar-refractivity contribution in [2.75, 3.05) is 5.32 Å². The van der Waals surface area contributed by atoms with Crippen molar-refractivity contribution < 1.29 is 14.5 Å². The zero-order chi connectivity index (χ0) is 22.9. The van der Waals surface area contributed by atoms with Crippen molar-refractivity contribution in [2.24, 2.45) is 11.3 Å². The number of hydrogen-bond donors (Lipinski definition) is 1. The summed E-state index contributed by atoms with van der Waals surface area (Å²) in [5.41, 5.74) is 1.25. The van der Waals surface area contributed by atoms with Crippen LogP contribution in [0.25, 0.3) is 0 Å². The number of carbonyl (C=O) groups is 2. The van der Waals surface area contributed by atoms with Crippen LogP contribution in [-0.2, 0) is 16.0 Å². The van der Waals surface area contributed by atoms with Gasteiger partial charge in [-0.1, -0.05) is 54.2 Å². The van der Waals surface area contributed by atoms with Gasteiger partial charge in [0.25, 0.3) is 0 Å². The second kappa shape index (κ2) is 9.20. The van der Waals surface area contributed by atoms with E-state index in [1.165, 1.54) is 0 Å². The lowest BCUT2D eigenvalue weighted by Gasteiger charge is -2.24. The number of nitrogens with zero attached hydrogens (tertiary/aromatic N) is 1. The molecule has 2 saturated carbocycles. The molecule has 0 bridgehead atoms. The summed E-state index contributed by atoms with van der Waals surface area (Å²) in [7, 11) is 0. The van der Waals surface area contributed by atoms with Crippen LogP contribution in [0, 0.1) is 21.4 Å². The quantitative estimate of drug-likeness (QED) is 0.391. The monoisotopic (exact) mass is 474 g/mol. The van der Waals surface area contributed by atoms with Gasteiger partial charge in [0.05, 0.1) is 5.92 Å². The van der Waals surface area contributed by atoms with Crippen LogP contribution in [0.1, 0.15) is 55.6 Å². The van der Waals surface area contributed by atoms with Crippen molar-refractivity contribution in [1.29, 1.82) is 0 Å². The third-order valence-electron chi connectivity index (χ3n) is 6.66. The molecule has 0 saturated heterocycles. The first-order valence-corrected chi connectivity index (χ1v) is 11.6. The first kappa shape index (κ1) is 22.7. The highest BCUT2D eigenvalue weighted by atomic mass is 35.5. The molecule has 1 N–H and O–H groups in total. The molecule has 4 rings (SSSR count). The van der Waals surface area contributed by atoms with Crippen LogP contribution in [0.3, 0.4) is 0 Å². The van der Waals surface area contributed by atoms with Gasteiger partial charge in [-0.25, -0.2) is 4.79 Å². The zero-order valence-corrected chi connectivity index (χ0v) is 19.0. The molecule has 0 aromatic heterocycles. The first-order valence-electron chi connectivity index (χ1n) is 10.8.